The molecule has 0 heterocycles. The quantitative estimate of drug-likeness (QED) is 0.243. The Morgan fingerprint density at radius 3 is 2.19 bits per heavy atom. The SMILES string of the molecule is Cc1cc(/C=N\NC(=O)c2cc(Br)c(O)c(Br)c2)cc(C)c1OCc1ccc(Br)cc1. The van der Waals surface area contributed by atoms with Crippen molar-refractivity contribution in [2.45, 2.75) is 20.5 Å². The Hall–Kier alpha value is -2.16. The van der Waals surface area contributed by atoms with Gasteiger partial charge in [0, 0.05) is 10.0 Å². The molecule has 0 unspecified atom stereocenters. The number of hydrogen-bond donors (Lipinski definition) is 2. The van der Waals surface area contributed by atoms with Gasteiger partial charge < -0.3 is 9.84 Å². The lowest BCUT2D eigenvalue weighted by Gasteiger charge is -2.13. The average Bonchev–Trinajstić information content (AvgIpc) is 2.72. The predicted octanol–water partition coefficient (Wildman–Crippen LogP) is 6.64. The first-order chi connectivity index (χ1) is 14.7. The lowest BCUT2D eigenvalue weighted by atomic mass is 10.1. The molecule has 0 aliphatic rings. The lowest BCUT2D eigenvalue weighted by molar-refractivity contribution is 0.0955. The third-order valence-electron chi connectivity index (χ3n) is 4.44. The maximum Gasteiger partial charge on any atom is 0.271 e. The van der Waals surface area contributed by atoms with Crippen LogP contribution in [0.2, 0.25) is 0 Å². The summed E-state index contributed by atoms with van der Waals surface area (Å²) < 4.78 is 7.89. The molecule has 0 aliphatic heterocycles. The molecule has 0 spiro atoms. The molecule has 0 saturated heterocycles. The van der Waals surface area contributed by atoms with Crippen LogP contribution in [0.1, 0.15) is 32.6 Å². The van der Waals surface area contributed by atoms with Crippen LogP contribution in [-0.4, -0.2) is 17.2 Å². The molecule has 0 atom stereocenters. The molecule has 5 nitrogen and oxygen atoms in total. The van der Waals surface area contributed by atoms with Crippen molar-refractivity contribution < 1.29 is 14.6 Å². The Morgan fingerprint density at radius 1 is 1.03 bits per heavy atom. The molecule has 0 saturated carbocycles. The van der Waals surface area contributed by atoms with Gasteiger partial charge in [-0.05, 0) is 104 Å². The fourth-order valence-electron chi connectivity index (χ4n) is 2.95. The van der Waals surface area contributed by atoms with Gasteiger partial charge in [0.25, 0.3) is 5.91 Å². The molecule has 2 N–H and O–H groups in total. The zero-order valence-electron chi connectivity index (χ0n) is 16.7. The van der Waals surface area contributed by atoms with Crippen LogP contribution in [0, 0.1) is 13.8 Å². The highest BCUT2D eigenvalue weighted by Crippen LogP contribution is 2.33. The number of carbonyl (C=O) groups excluding carboxylic acids is 1. The normalized spacial score (nSPS) is 11.0. The summed E-state index contributed by atoms with van der Waals surface area (Å²) in [6.45, 7) is 4.44. The molecule has 31 heavy (non-hydrogen) atoms. The van der Waals surface area contributed by atoms with E-state index in [1.807, 2.05) is 50.2 Å². The van der Waals surface area contributed by atoms with E-state index in [-0.39, 0.29) is 11.7 Å². The summed E-state index contributed by atoms with van der Waals surface area (Å²) in [7, 11) is 0. The number of benzene rings is 3. The van der Waals surface area contributed by atoms with E-state index >= 15 is 0 Å². The van der Waals surface area contributed by atoms with Crippen molar-refractivity contribution in [2.24, 2.45) is 5.10 Å². The van der Waals surface area contributed by atoms with Gasteiger partial charge >= 0.3 is 0 Å². The summed E-state index contributed by atoms with van der Waals surface area (Å²) in [6, 6.07) is 15.0. The molecule has 1 amide bonds. The smallest absolute Gasteiger partial charge is 0.271 e. The van der Waals surface area contributed by atoms with Crippen molar-refractivity contribution in [3.8, 4) is 11.5 Å². The van der Waals surface area contributed by atoms with Crippen molar-refractivity contribution in [1.82, 2.24) is 5.43 Å². The van der Waals surface area contributed by atoms with Gasteiger partial charge in [0.05, 0.1) is 15.2 Å². The summed E-state index contributed by atoms with van der Waals surface area (Å²) in [5.74, 6) is 0.483. The van der Waals surface area contributed by atoms with Gasteiger partial charge in [-0.2, -0.15) is 5.10 Å². The summed E-state index contributed by atoms with van der Waals surface area (Å²) in [5, 5.41) is 13.8. The molecule has 8 heteroatoms. The fraction of sp³-hybridized carbons (Fsp3) is 0.130. The Labute approximate surface area is 205 Å². The van der Waals surface area contributed by atoms with Crippen molar-refractivity contribution in [1.29, 1.82) is 0 Å². The number of nitrogens with one attached hydrogen (secondary N) is 1. The van der Waals surface area contributed by atoms with Crippen LogP contribution in [0.5, 0.6) is 11.5 Å². The van der Waals surface area contributed by atoms with Crippen molar-refractivity contribution >= 4 is 59.9 Å². The van der Waals surface area contributed by atoms with E-state index in [2.05, 4.69) is 58.3 Å². The Balaban J connectivity index is 1.66. The van der Waals surface area contributed by atoms with Gasteiger partial charge in [-0.25, -0.2) is 5.43 Å². The van der Waals surface area contributed by atoms with Crippen LogP contribution >= 0.6 is 47.8 Å². The highest BCUT2D eigenvalue weighted by atomic mass is 79.9. The van der Waals surface area contributed by atoms with Crippen LogP contribution in [0.3, 0.4) is 0 Å². The zero-order chi connectivity index (χ0) is 22.5. The summed E-state index contributed by atoms with van der Waals surface area (Å²) >= 11 is 9.85. The number of phenolic OH excluding ortho intramolecular Hbond substituents is 1. The number of hydrogen-bond acceptors (Lipinski definition) is 4. The Bertz CT molecular complexity index is 1100. The van der Waals surface area contributed by atoms with E-state index < -0.39 is 0 Å². The van der Waals surface area contributed by atoms with Gasteiger partial charge in [0.1, 0.15) is 18.1 Å². The molecular weight excluding hydrogens is 592 g/mol. The number of phenols is 1. The predicted molar refractivity (Wildman–Crippen MR) is 133 cm³/mol. The van der Waals surface area contributed by atoms with E-state index in [1.54, 1.807) is 6.21 Å². The first kappa shape index (κ1) is 23.5. The van der Waals surface area contributed by atoms with Crippen molar-refractivity contribution in [2.75, 3.05) is 0 Å². The van der Waals surface area contributed by atoms with Gasteiger partial charge in [0.2, 0.25) is 0 Å². The number of aryl methyl sites for hydroxylation is 2. The molecule has 0 radical (unpaired) electrons. The maximum absolute atomic E-state index is 12.3. The number of amides is 1. The third kappa shape index (κ3) is 6.18. The lowest BCUT2D eigenvalue weighted by Crippen LogP contribution is -2.17. The van der Waals surface area contributed by atoms with Crippen LogP contribution in [0.15, 0.2) is 67.1 Å². The summed E-state index contributed by atoms with van der Waals surface area (Å²) in [6.07, 6.45) is 1.58. The number of halogens is 3. The summed E-state index contributed by atoms with van der Waals surface area (Å²) in [5.41, 5.74) is 6.76. The number of carbonyl (C=O) groups is 1. The molecule has 3 rings (SSSR count). The van der Waals surface area contributed by atoms with Crippen molar-refractivity contribution in [3.63, 3.8) is 0 Å². The number of aromatic hydroxyl groups is 1. The summed E-state index contributed by atoms with van der Waals surface area (Å²) in [4.78, 5) is 12.3. The minimum atomic E-state index is -0.388. The molecule has 3 aromatic rings. The van der Waals surface area contributed by atoms with Crippen LogP contribution in [0.4, 0.5) is 0 Å². The number of hydrazone groups is 1. The highest BCUT2D eigenvalue weighted by Gasteiger charge is 2.11. The zero-order valence-corrected chi connectivity index (χ0v) is 21.5. The highest BCUT2D eigenvalue weighted by molar-refractivity contribution is 9.11. The van der Waals surface area contributed by atoms with E-state index in [9.17, 15) is 9.90 Å². The second kappa shape index (κ2) is 10.4. The first-order valence-electron chi connectivity index (χ1n) is 9.24. The number of rotatable bonds is 6. The van der Waals surface area contributed by atoms with E-state index in [0.717, 1.165) is 32.5 Å². The Kier molecular flexibility index (Phi) is 7.91. The van der Waals surface area contributed by atoms with Crippen molar-refractivity contribution in [3.05, 3.63) is 89.8 Å². The van der Waals surface area contributed by atoms with Gasteiger partial charge in [-0.1, -0.05) is 28.1 Å². The van der Waals surface area contributed by atoms with E-state index in [1.165, 1.54) is 12.1 Å². The molecule has 0 fully saturated rings. The first-order valence-corrected chi connectivity index (χ1v) is 11.6. The topological polar surface area (TPSA) is 70.9 Å². The van der Waals surface area contributed by atoms with Gasteiger partial charge in [0.15, 0.2) is 0 Å². The molecule has 160 valence electrons. The molecule has 0 bridgehead atoms. The second-order valence-corrected chi connectivity index (χ2v) is 9.51. The van der Waals surface area contributed by atoms with Crippen LogP contribution in [-0.2, 0) is 6.61 Å². The average molecular weight is 611 g/mol. The largest absolute Gasteiger partial charge is 0.506 e. The number of ether oxygens (including phenoxy) is 1. The van der Waals surface area contributed by atoms with Gasteiger partial charge in [-0.3, -0.25) is 4.79 Å². The molecular formula is C23H19Br3N2O3. The van der Waals surface area contributed by atoms with Gasteiger partial charge in [-0.15, -0.1) is 0 Å². The minimum absolute atomic E-state index is 0.0356. The monoisotopic (exact) mass is 608 g/mol. The molecule has 0 aromatic heterocycles. The van der Waals surface area contributed by atoms with Crippen LogP contribution in [0.25, 0.3) is 0 Å². The standard InChI is InChI=1S/C23H19Br3N2O3/c1-13-7-16(8-14(2)22(13)31-12-15-3-5-18(24)6-4-15)11-27-28-23(30)17-9-19(25)21(29)20(26)10-17/h3-11,29H,12H2,1-2H3,(H,28,30)/b27-11-. The second-order valence-electron chi connectivity index (χ2n) is 6.89. The third-order valence-corrected chi connectivity index (χ3v) is 6.18. The van der Waals surface area contributed by atoms with Crippen LogP contribution < -0.4 is 10.2 Å². The van der Waals surface area contributed by atoms with E-state index in [4.69, 9.17) is 4.74 Å². The van der Waals surface area contributed by atoms with E-state index in [0.29, 0.717) is 21.1 Å². The molecule has 3 aromatic carbocycles. The fourth-order valence-corrected chi connectivity index (χ4v) is 4.40. The molecule has 0 aliphatic carbocycles. The number of nitrogens with zero attached hydrogens (tertiary/aromatic N) is 1. The Morgan fingerprint density at radius 2 is 1.61 bits per heavy atom. The minimum Gasteiger partial charge on any atom is -0.506 e. The maximum atomic E-state index is 12.3.